The van der Waals surface area contributed by atoms with E-state index in [1.54, 1.807) is 31.2 Å². The zero-order valence-corrected chi connectivity index (χ0v) is 13.5. The van der Waals surface area contributed by atoms with Crippen molar-refractivity contribution in [3.05, 3.63) is 54.1 Å². The first-order chi connectivity index (χ1) is 12.0. The third-order valence-electron chi connectivity index (χ3n) is 3.84. The number of hydrogen-bond acceptors (Lipinski definition) is 3. The van der Waals surface area contributed by atoms with Gasteiger partial charge in [-0.05, 0) is 31.2 Å². The van der Waals surface area contributed by atoms with Crippen LogP contribution in [0.25, 0.3) is 0 Å². The Bertz CT molecular complexity index is 826. The second-order valence-electron chi connectivity index (χ2n) is 5.64. The lowest BCUT2D eigenvalue weighted by Gasteiger charge is -2.32. The van der Waals surface area contributed by atoms with E-state index in [0.29, 0.717) is 17.5 Å². The predicted molar refractivity (Wildman–Crippen MR) is 88.5 cm³/mol. The standard InChI is InChI=1S/C18H16F2N2O3/c1-11-18(24)22(15-4-2-3-5-16(15)25-11)9-8-17(23)21-14-7-6-12(19)10-13(14)20/h2-7,10-11H,8-9H2,1H3,(H,21,23). The maximum absolute atomic E-state index is 13.6. The number of hydrogen-bond donors (Lipinski definition) is 1. The maximum Gasteiger partial charge on any atom is 0.267 e. The van der Waals surface area contributed by atoms with Gasteiger partial charge < -0.3 is 15.0 Å². The van der Waals surface area contributed by atoms with Crippen molar-refractivity contribution in [3.8, 4) is 5.75 Å². The van der Waals surface area contributed by atoms with Gasteiger partial charge in [0.2, 0.25) is 5.91 Å². The minimum atomic E-state index is -0.852. The second-order valence-corrected chi connectivity index (χ2v) is 5.64. The van der Waals surface area contributed by atoms with Crippen LogP contribution in [0.4, 0.5) is 20.2 Å². The number of para-hydroxylation sites is 2. The summed E-state index contributed by atoms with van der Waals surface area (Å²) in [5, 5.41) is 2.38. The van der Waals surface area contributed by atoms with Gasteiger partial charge in [-0.15, -0.1) is 0 Å². The molecular weight excluding hydrogens is 330 g/mol. The van der Waals surface area contributed by atoms with Crippen LogP contribution in [0, 0.1) is 11.6 Å². The van der Waals surface area contributed by atoms with Gasteiger partial charge >= 0.3 is 0 Å². The fourth-order valence-corrected chi connectivity index (χ4v) is 2.61. The smallest absolute Gasteiger partial charge is 0.267 e. The molecule has 0 bridgehead atoms. The Morgan fingerprint density at radius 3 is 2.76 bits per heavy atom. The number of anilines is 2. The summed E-state index contributed by atoms with van der Waals surface area (Å²) in [6.07, 6.45) is -0.684. The molecule has 2 amide bonds. The number of nitrogens with one attached hydrogen (secondary N) is 1. The molecule has 25 heavy (non-hydrogen) atoms. The third kappa shape index (κ3) is 3.60. The van der Waals surface area contributed by atoms with Crippen molar-refractivity contribution in [3.63, 3.8) is 0 Å². The summed E-state index contributed by atoms with van der Waals surface area (Å²) in [6, 6.07) is 9.95. The fraction of sp³-hybridized carbons (Fsp3) is 0.222. The molecule has 3 rings (SSSR count). The molecule has 1 aliphatic rings. The van der Waals surface area contributed by atoms with Gasteiger partial charge in [-0.2, -0.15) is 0 Å². The van der Waals surface area contributed by atoms with Gasteiger partial charge in [-0.1, -0.05) is 12.1 Å². The van der Waals surface area contributed by atoms with Gasteiger partial charge in [0.05, 0.1) is 11.4 Å². The van der Waals surface area contributed by atoms with E-state index < -0.39 is 23.6 Å². The molecule has 1 heterocycles. The van der Waals surface area contributed by atoms with Crippen molar-refractivity contribution in [2.24, 2.45) is 0 Å². The molecule has 1 aliphatic heterocycles. The Morgan fingerprint density at radius 1 is 1.24 bits per heavy atom. The van der Waals surface area contributed by atoms with E-state index >= 15 is 0 Å². The minimum absolute atomic E-state index is 0.0381. The van der Waals surface area contributed by atoms with Crippen LogP contribution in [-0.4, -0.2) is 24.5 Å². The van der Waals surface area contributed by atoms with Gasteiger partial charge in [0.15, 0.2) is 6.10 Å². The van der Waals surface area contributed by atoms with Crippen LogP contribution in [0.1, 0.15) is 13.3 Å². The first-order valence-electron chi connectivity index (χ1n) is 7.77. The summed E-state index contributed by atoms with van der Waals surface area (Å²) in [7, 11) is 0. The number of nitrogens with zero attached hydrogens (tertiary/aromatic N) is 1. The highest BCUT2D eigenvalue weighted by atomic mass is 19.1. The van der Waals surface area contributed by atoms with E-state index in [1.807, 2.05) is 0 Å². The van der Waals surface area contributed by atoms with E-state index in [-0.39, 0.29) is 24.6 Å². The molecule has 1 N–H and O–H groups in total. The van der Waals surface area contributed by atoms with Crippen LogP contribution in [-0.2, 0) is 9.59 Å². The number of ether oxygens (including phenoxy) is 1. The van der Waals surface area contributed by atoms with Gasteiger partial charge in [0.1, 0.15) is 17.4 Å². The Kier molecular flexibility index (Phi) is 4.65. The molecule has 0 saturated carbocycles. The van der Waals surface area contributed by atoms with Crippen LogP contribution >= 0.6 is 0 Å². The van der Waals surface area contributed by atoms with Gasteiger partial charge in [-0.25, -0.2) is 8.78 Å². The molecule has 130 valence electrons. The van der Waals surface area contributed by atoms with E-state index in [4.69, 9.17) is 4.74 Å². The monoisotopic (exact) mass is 346 g/mol. The zero-order chi connectivity index (χ0) is 18.0. The Morgan fingerprint density at radius 2 is 2.00 bits per heavy atom. The molecule has 0 fully saturated rings. The maximum atomic E-state index is 13.6. The van der Waals surface area contributed by atoms with Crippen molar-refractivity contribution in [1.82, 2.24) is 0 Å². The highest BCUT2D eigenvalue weighted by Crippen LogP contribution is 2.33. The summed E-state index contributed by atoms with van der Waals surface area (Å²) in [4.78, 5) is 25.8. The number of carbonyl (C=O) groups is 2. The van der Waals surface area contributed by atoms with Crippen LogP contribution < -0.4 is 15.0 Å². The van der Waals surface area contributed by atoms with Gasteiger partial charge in [0.25, 0.3) is 5.91 Å². The predicted octanol–water partition coefficient (Wildman–Crippen LogP) is 3.11. The Balaban J connectivity index is 1.68. The van der Waals surface area contributed by atoms with E-state index in [0.717, 1.165) is 12.1 Å². The average molecular weight is 346 g/mol. The molecule has 0 aromatic heterocycles. The molecule has 1 atom stereocenters. The average Bonchev–Trinajstić information content (AvgIpc) is 2.58. The highest BCUT2D eigenvalue weighted by molar-refractivity contribution is 6.00. The summed E-state index contributed by atoms with van der Waals surface area (Å²) in [6.45, 7) is 1.76. The van der Waals surface area contributed by atoms with Crippen molar-refractivity contribution in [2.75, 3.05) is 16.8 Å². The molecule has 0 saturated heterocycles. The number of fused-ring (bicyclic) bond motifs is 1. The summed E-state index contributed by atoms with van der Waals surface area (Å²) < 4.78 is 32.0. The summed E-state index contributed by atoms with van der Waals surface area (Å²) >= 11 is 0. The van der Waals surface area contributed by atoms with Gasteiger partial charge in [0, 0.05) is 19.0 Å². The molecule has 2 aromatic rings. The second kappa shape index (κ2) is 6.88. The zero-order valence-electron chi connectivity index (χ0n) is 13.5. The topological polar surface area (TPSA) is 58.6 Å². The molecule has 1 unspecified atom stereocenters. The van der Waals surface area contributed by atoms with Crippen LogP contribution in [0.15, 0.2) is 42.5 Å². The summed E-state index contributed by atoms with van der Waals surface area (Å²) in [5.74, 6) is -1.73. The van der Waals surface area contributed by atoms with E-state index in [2.05, 4.69) is 5.32 Å². The Hall–Kier alpha value is -2.96. The normalized spacial score (nSPS) is 16.2. The van der Waals surface area contributed by atoms with Gasteiger partial charge in [-0.3, -0.25) is 9.59 Å². The summed E-state index contributed by atoms with van der Waals surface area (Å²) in [5.41, 5.74) is 0.486. The van der Waals surface area contributed by atoms with Crippen molar-refractivity contribution < 1.29 is 23.1 Å². The SMILES string of the molecule is CC1Oc2ccccc2N(CCC(=O)Nc2ccc(F)cc2F)C1=O. The fourth-order valence-electron chi connectivity index (χ4n) is 2.61. The van der Waals surface area contributed by atoms with Crippen LogP contribution in [0.5, 0.6) is 5.75 Å². The molecule has 5 nitrogen and oxygen atoms in total. The Labute approximate surface area is 143 Å². The molecule has 7 heteroatoms. The number of rotatable bonds is 4. The van der Waals surface area contributed by atoms with Crippen molar-refractivity contribution >= 4 is 23.2 Å². The minimum Gasteiger partial charge on any atom is -0.479 e. The molecular formula is C18H16F2N2O3. The van der Waals surface area contributed by atoms with Crippen LogP contribution in [0.2, 0.25) is 0 Å². The number of benzene rings is 2. The lowest BCUT2D eigenvalue weighted by molar-refractivity contribution is -0.125. The first-order valence-corrected chi connectivity index (χ1v) is 7.77. The molecule has 2 aromatic carbocycles. The number of carbonyl (C=O) groups excluding carboxylic acids is 2. The largest absolute Gasteiger partial charge is 0.479 e. The molecule has 0 spiro atoms. The van der Waals surface area contributed by atoms with Crippen molar-refractivity contribution in [1.29, 1.82) is 0 Å². The molecule has 0 radical (unpaired) electrons. The lowest BCUT2D eigenvalue weighted by Crippen LogP contribution is -2.45. The van der Waals surface area contributed by atoms with Crippen LogP contribution in [0.3, 0.4) is 0 Å². The first kappa shape index (κ1) is 16.9. The lowest BCUT2D eigenvalue weighted by atomic mass is 10.1. The van der Waals surface area contributed by atoms with E-state index in [1.165, 1.54) is 4.90 Å². The highest BCUT2D eigenvalue weighted by Gasteiger charge is 2.31. The van der Waals surface area contributed by atoms with Crippen molar-refractivity contribution in [2.45, 2.75) is 19.4 Å². The third-order valence-corrected chi connectivity index (χ3v) is 3.84. The quantitative estimate of drug-likeness (QED) is 0.925. The van der Waals surface area contributed by atoms with E-state index in [9.17, 15) is 18.4 Å². The number of halogens is 2. The molecule has 0 aliphatic carbocycles. The number of amides is 2.